The van der Waals surface area contributed by atoms with Gasteiger partial charge in [-0.1, -0.05) is 33.4 Å². The van der Waals surface area contributed by atoms with Gasteiger partial charge in [0, 0.05) is 16.6 Å². The zero-order chi connectivity index (χ0) is 27.8. The van der Waals surface area contributed by atoms with Gasteiger partial charge in [-0.05, 0) is 85.9 Å². The second-order valence-corrected chi connectivity index (χ2v) is 11.2. The van der Waals surface area contributed by atoms with Crippen LogP contribution in [0.1, 0.15) is 88.0 Å². The van der Waals surface area contributed by atoms with Crippen molar-refractivity contribution in [3.05, 3.63) is 52.6 Å². The topological polar surface area (TPSA) is 96.0 Å². The fraction of sp³-hybridized carbons (Fsp3) is 0.517. The van der Waals surface area contributed by atoms with Crippen LogP contribution in [-0.2, 0) is 36.2 Å². The van der Waals surface area contributed by atoms with Gasteiger partial charge in [0.05, 0.1) is 32.1 Å². The Hall–Kier alpha value is -2.58. The van der Waals surface area contributed by atoms with Crippen LogP contribution in [-0.4, -0.2) is 41.5 Å². The third kappa shape index (κ3) is 7.50. The van der Waals surface area contributed by atoms with Gasteiger partial charge in [-0.15, -0.1) is 0 Å². The second-order valence-electron chi connectivity index (χ2n) is 8.65. The number of hydrogen-bond acceptors (Lipinski definition) is 7. The molecule has 0 radical (unpaired) electrons. The Bertz CT molecular complexity index is 1210. The van der Waals surface area contributed by atoms with Gasteiger partial charge in [0.1, 0.15) is 17.3 Å². The van der Waals surface area contributed by atoms with E-state index in [0.29, 0.717) is 24.2 Å². The molecule has 9 heteroatoms. The molecule has 0 amide bonds. The molecule has 0 fully saturated rings. The summed E-state index contributed by atoms with van der Waals surface area (Å²) in [6.07, 6.45) is 5.03. The maximum absolute atomic E-state index is 11.8. The molecule has 212 valence electrons. The molecule has 0 saturated heterocycles. The minimum atomic E-state index is -3.87. The molecular formula is C29H41ClO7S. The van der Waals surface area contributed by atoms with E-state index in [4.69, 9.17) is 24.9 Å². The van der Waals surface area contributed by atoms with E-state index in [1.807, 2.05) is 32.0 Å². The number of rotatable bonds is 5. The van der Waals surface area contributed by atoms with Crippen LogP contribution in [0.15, 0.2) is 35.2 Å². The summed E-state index contributed by atoms with van der Waals surface area (Å²) in [6, 6.07) is 8.88. The number of ether oxygens (including phenoxy) is 3. The summed E-state index contributed by atoms with van der Waals surface area (Å²) in [5.41, 5.74) is 3.54. The number of Topliss-reactive ketones (excluding diaryl/α,β-unsaturated/α-hetero) is 1. The van der Waals surface area contributed by atoms with Crippen LogP contribution in [0.25, 0.3) is 0 Å². The molecule has 4 rings (SSSR count). The summed E-state index contributed by atoms with van der Waals surface area (Å²) < 4.78 is 38.8. The number of fused-ring (bicyclic) bond motifs is 2. The lowest BCUT2D eigenvalue weighted by atomic mass is 9.80. The Balaban J connectivity index is 0.000000352. The number of carbonyl (C=O) groups excluding carboxylic acids is 2. The Morgan fingerprint density at radius 3 is 1.95 bits per heavy atom. The molecule has 0 saturated carbocycles. The fourth-order valence-electron chi connectivity index (χ4n) is 5.09. The van der Waals surface area contributed by atoms with Crippen LogP contribution in [0.3, 0.4) is 0 Å². The zero-order valence-electron chi connectivity index (χ0n) is 22.4. The molecule has 2 aromatic rings. The lowest BCUT2D eigenvalue weighted by Crippen LogP contribution is -2.20. The highest BCUT2D eigenvalue weighted by Crippen LogP contribution is 2.42. The van der Waals surface area contributed by atoms with Gasteiger partial charge in [-0.25, -0.2) is 8.42 Å². The van der Waals surface area contributed by atoms with Crippen molar-refractivity contribution in [3.63, 3.8) is 0 Å². The average Bonchev–Trinajstić information content (AvgIpc) is 2.91. The van der Waals surface area contributed by atoms with Crippen molar-refractivity contribution in [1.29, 1.82) is 0 Å². The lowest BCUT2D eigenvalue weighted by molar-refractivity contribution is -0.142. The molecule has 0 N–H and O–H groups in total. The fourth-order valence-corrected chi connectivity index (χ4v) is 6.26. The molecule has 0 aromatic heterocycles. The van der Waals surface area contributed by atoms with Crippen molar-refractivity contribution in [2.24, 2.45) is 0 Å². The van der Waals surface area contributed by atoms with E-state index in [0.717, 1.165) is 48.1 Å². The van der Waals surface area contributed by atoms with E-state index in [9.17, 15) is 18.0 Å². The predicted molar refractivity (Wildman–Crippen MR) is 151 cm³/mol. The Morgan fingerprint density at radius 2 is 1.42 bits per heavy atom. The molecule has 2 aliphatic rings. The smallest absolute Gasteiger partial charge is 0.313 e. The summed E-state index contributed by atoms with van der Waals surface area (Å²) in [7, 11) is 6.24. The van der Waals surface area contributed by atoms with Gasteiger partial charge >= 0.3 is 5.97 Å². The van der Waals surface area contributed by atoms with Crippen molar-refractivity contribution >= 4 is 31.5 Å². The minimum absolute atomic E-state index is 0. The summed E-state index contributed by atoms with van der Waals surface area (Å²) >= 11 is 0. The molecule has 2 unspecified atom stereocenters. The summed E-state index contributed by atoms with van der Waals surface area (Å²) in [6.45, 7) is 5.48. The van der Waals surface area contributed by atoms with Gasteiger partial charge in [-0.3, -0.25) is 9.59 Å². The van der Waals surface area contributed by atoms with Crippen LogP contribution in [0, 0.1) is 0 Å². The maximum Gasteiger partial charge on any atom is 0.313 e. The Morgan fingerprint density at radius 1 is 0.868 bits per heavy atom. The van der Waals surface area contributed by atoms with E-state index in [1.165, 1.54) is 27.2 Å². The highest BCUT2D eigenvalue weighted by atomic mass is 35.7. The first-order chi connectivity index (χ1) is 17.6. The molecule has 38 heavy (non-hydrogen) atoms. The molecule has 2 aromatic carbocycles. The number of halogens is 1. The zero-order valence-corrected chi connectivity index (χ0v) is 24.0. The minimum Gasteiger partial charge on any atom is -0.496 e. The summed E-state index contributed by atoms with van der Waals surface area (Å²) in [5.74, 6) is 0.771. The SMILES string of the molecule is C.CC.COC(=O)C1CCCc2c(OC)cccc21.COc1ccc(S(=O)(=O)Cl)c2c1CCCC2C(C)=O. The molecule has 0 heterocycles. The van der Waals surface area contributed by atoms with Crippen molar-refractivity contribution in [2.75, 3.05) is 21.3 Å². The predicted octanol–water partition coefficient (Wildman–Crippen LogP) is 6.58. The standard InChI is InChI=1S/C13H15ClO4S.C13H16O3.C2H6.CH4/c1-8(15)9-4-3-5-10-11(18-2)6-7-12(13(9)10)19(14,16)17;1-15-12-8-4-5-9-10(12)6-3-7-11(9)13(14)16-2;1-2;/h6-7,9H,3-5H2,1-2H3;4-5,8,11H,3,6-7H2,1-2H3;1-2H3;1H4. The van der Waals surface area contributed by atoms with Gasteiger partial charge in [0.25, 0.3) is 9.05 Å². The third-order valence-electron chi connectivity index (χ3n) is 6.69. The first kappa shape index (κ1) is 33.4. The van der Waals surface area contributed by atoms with E-state index in [1.54, 1.807) is 13.2 Å². The summed E-state index contributed by atoms with van der Waals surface area (Å²) in [5, 5.41) is 0. The van der Waals surface area contributed by atoms with E-state index < -0.39 is 15.0 Å². The lowest BCUT2D eigenvalue weighted by Gasteiger charge is -2.26. The average molecular weight is 569 g/mol. The number of esters is 1. The van der Waals surface area contributed by atoms with Crippen molar-refractivity contribution in [3.8, 4) is 11.5 Å². The van der Waals surface area contributed by atoms with Crippen LogP contribution in [0.4, 0.5) is 0 Å². The molecule has 0 aliphatic heterocycles. The van der Waals surface area contributed by atoms with E-state index in [2.05, 4.69) is 0 Å². The number of methoxy groups -OCH3 is 3. The Kier molecular flexibility index (Phi) is 13.3. The molecule has 0 bridgehead atoms. The molecule has 0 spiro atoms. The second kappa shape index (κ2) is 15.1. The highest BCUT2D eigenvalue weighted by molar-refractivity contribution is 8.13. The number of ketones is 1. The largest absolute Gasteiger partial charge is 0.496 e. The molecule has 2 aliphatic carbocycles. The molecule has 2 atom stereocenters. The number of hydrogen-bond donors (Lipinski definition) is 0. The summed E-state index contributed by atoms with van der Waals surface area (Å²) in [4.78, 5) is 23.5. The van der Waals surface area contributed by atoms with Crippen LogP contribution < -0.4 is 9.47 Å². The van der Waals surface area contributed by atoms with Gasteiger partial charge < -0.3 is 14.2 Å². The molecular weight excluding hydrogens is 528 g/mol. The van der Waals surface area contributed by atoms with Gasteiger partial charge in [0.15, 0.2) is 0 Å². The van der Waals surface area contributed by atoms with Crippen LogP contribution in [0.5, 0.6) is 11.5 Å². The van der Waals surface area contributed by atoms with Crippen LogP contribution in [0.2, 0.25) is 0 Å². The van der Waals surface area contributed by atoms with Gasteiger partial charge in [0.2, 0.25) is 0 Å². The third-order valence-corrected chi connectivity index (χ3v) is 8.07. The van der Waals surface area contributed by atoms with Crippen molar-refractivity contribution in [1.82, 2.24) is 0 Å². The van der Waals surface area contributed by atoms with Crippen molar-refractivity contribution in [2.45, 2.75) is 83.5 Å². The highest BCUT2D eigenvalue weighted by Gasteiger charge is 2.32. The van der Waals surface area contributed by atoms with E-state index >= 15 is 0 Å². The first-order valence-corrected chi connectivity index (χ1v) is 14.8. The number of benzene rings is 2. The Labute approximate surface area is 232 Å². The monoisotopic (exact) mass is 568 g/mol. The normalized spacial score (nSPS) is 17.4. The van der Waals surface area contributed by atoms with Crippen molar-refractivity contribution < 1.29 is 32.2 Å². The quantitative estimate of drug-likeness (QED) is 0.297. The number of carbonyl (C=O) groups is 2. The molecule has 7 nitrogen and oxygen atoms in total. The van der Waals surface area contributed by atoms with Crippen LogP contribution >= 0.6 is 10.7 Å². The van der Waals surface area contributed by atoms with Gasteiger partial charge in [-0.2, -0.15) is 0 Å². The first-order valence-electron chi connectivity index (χ1n) is 12.5. The maximum atomic E-state index is 11.8. The van der Waals surface area contributed by atoms with E-state index in [-0.39, 0.29) is 30.0 Å².